The average molecular weight is 341 g/mol. The van der Waals surface area contributed by atoms with Gasteiger partial charge in [0.15, 0.2) is 0 Å². The molecule has 6 heteroatoms. The fourth-order valence-electron chi connectivity index (χ4n) is 3.43. The first-order valence-electron chi connectivity index (χ1n) is 8.42. The van der Waals surface area contributed by atoms with Crippen LogP contribution in [0.4, 0.5) is 0 Å². The summed E-state index contributed by atoms with van der Waals surface area (Å²) in [6.07, 6.45) is 2.31. The molecule has 0 aliphatic carbocycles. The molecule has 130 valence electrons. The minimum atomic E-state index is -0.0813. The SMILES string of the molecule is Cc1nn(CC(C)C(=O)N2CCCC(CN(C)C)C2)c(C)c1Cl. The molecular weight excluding hydrogens is 312 g/mol. The quantitative estimate of drug-likeness (QED) is 0.827. The molecule has 1 saturated heterocycles. The van der Waals surface area contributed by atoms with E-state index in [4.69, 9.17) is 11.6 Å². The van der Waals surface area contributed by atoms with Gasteiger partial charge in [-0.05, 0) is 46.7 Å². The highest BCUT2D eigenvalue weighted by molar-refractivity contribution is 6.31. The van der Waals surface area contributed by atoms with E-state index in [9.17, 15) is 4.79 Å². The Morgan fingerprint density at radius 2 is 2.13 bits per heavy atom. The number of likely N-dealkylation sites (tertiary alicyclic amines) is 1. The van der Waals surface area contributed by atoms with Gasteiger partial charge in [-0.3, -0.25) is 9.48 Å². The van der Waals surface area contributed by atoms with Gasteiger partial charge in [0.25, 0.3) is 0 Å². The molecule has 2 unspecified atom stereocenters. The molecule has 23 heavy (non-hydrogen) atoms. The molecule has 1 aromatic rings. The Balaban J connectivity index is 1.97. The van der Waals surface area contributed by atoms with Gasteiger partial charge in [0, 0.05) is 19.6 Å². The molecule has 0 aromatic carbocycles. The van der Waals surface area contributed by atoms with Gasteiger partial charge in [-0.25, -0.2) is 0 Å². The van der Waals surface area contributed by atoms with Crippen molar-refractivity contribution in [3.63, 3.8) is 0 Å². The second kappa shape index (κ2) is 7.67. The normalized spacial score (nSPS) is 20.1. The number of carbonyl (C=O) groups is 1. The second-order valence-corrected chi connectivity index (χ2v) is 7.50. The highest BCUT2D eigenvalue weighted by Crippen LogP contribution is 2.22. The summed E-state index contributed by atoms with van der Waals surface area (Å²) >= 11 is 6.19. The second-order valence-electron chi connectivity index (χ2n) is 7.12. The number of rotatable bonds is 5. The Morgan fingerprint density at radius 1 is 1.43 bits per heavy atom. The van der Waals surface area contributed by atoms with Crippen LogP contribution in [0.25, 0.3) is 0 Å². The van der Waals surface area contributed by atoms with Crippen LogP contribution in [0.5, 0.6) is 0 Å². The number of amides is 1. The zero-order valence-electron chi connectivity index (χ0n) is 15.0. The molecule has 2 heterocycles. The fourth-order valence-corrected chi connectivity index (χ4v) is 3.57. The number of aryl methyl sites for hydroxylation is 1. The van der Waals surface area contributed by atoms with Gasteiger partial charge in [-0.1, -0.05) is 18.5 Å². The van der Waals surface area contributed by atoms with Crippen LogP contribution in [0.1, 0.15) is 31.2 Å². The van der Waals surface area contributed by atoms with Gasteiger partial charge in [0.05, 0.1) is 28.9 Å². The van der Waals surface area contributed by atoms with E-state index in [0.717, 1.165) is 37.4 Å². The first-order chi connectivity index (χ1) is 10.8. The maximum atomic E-state index is 12.8. The predicted octanol–water partition coefficient (Wildman–Crippen LogP) is 2.59. The van der Waals surface area contributed by atoms with E-state index >= 15 is 0 Å². The van der Waals surface area contributed by atoms with Crippen LogP contribution in [0.2, 0.25) is 5.02 Å². The summed E-state index contributed by atoms with van der Waals surface area (Å²) in [5, 5.41) is 5.14. The summed E-state index contributed by atoms with van der Waals surface area (Å²) in [6, 6.07) is 0. The van der Waals surface area contributed by atoms with Crippen LogP contribution >= 0.6 is 11.6 Å². The molecule has 0 bridgehead atoms. The van der Waals surface area contributed by atoms with Gasteiger partial charge in [-0.15, -0.1) is 0 Å². The number of carbonyl (C=O) groups excluding carboxylic acids is 1. The zero-order chi connectivity index (χ0) is 17.1. The molecule has 0 radical (unpaired) electrons. The Labute approximate surface area is 144 Å². The van der Waals surface area contributed by atoms with Crippen molar-refractivity contribution in [2.45, 2.75) is 40.2 Å². The number of nitrogens with zero attached hydrogens (tertiary/aromatic N) is 4. The molecule has 2 rings (SSSR count). The van der Waals surface area contributed by atoms with Crippen LogP contribution in [0.15, 0.2) is 0 Å². The summed E-state index contributed by atoms with van der Waals surface area (Å²) in [4.78, 5) is 17.0. The summed E-state index contributed by atoms with van der Waals surface area (Å²) in [6.45, 7) is 9.23. The van der Waals surface area contributed by atoms with E-state index in [1.165, 1.54) is 6.42 Å². The fraction of sp³-hybridized carbons (Fsp3) is 0.765. The molecule has 0 N–H and O–H groups in total. The average Bonchev–Trinajstić information content (AvgIpc) is 2.73. The Bertz CT molecular complexity index is 555. The van der Waals surface area contributed by atoms with Crippen molar-refractivity contribution in [3.8, 4) is 0 Å². The molecule has 1 fully saturated rings. The van der Waals surface area contributed by atoms with E-state index in [-0.39, 0.29) is 11.8 Å². The number of hydrogen-bond donors (Lipinski definition) is 0. The predicted molar refractivity (Wildman–Crippen MR) is 93.7 cm³/mol. The molecule has 5 nitrogen and oxygen atoms in total. The maximum absolute atomic E-state index is 12.8. The van der Waals surface area contributed by atoms with Crippen molar-refractivity contribution in [1.82, 2.24) is 19.6 Å². The lowest BCUT2D eigenvalue weighted by molar-refractivity contribution is -0.137. The summed E-state index contributed by atoms with van der Waals surface area (Å²) in [5.41, 5.74) is 1.76. The zero-order valence-corrected chi connectivity index (χ0v) is 15.7. The molecule has 1 aliphatic rings. The molecule has 0 spiro atoms. The van der Waals surface area contributed by atoms with Crippen molar-refractivity contribution in [3.05, 3.63) is 16.4 Å². The molecular formula is C17H29ClN4O. The lowest BCUT2D eigenvalue weighted by atomic mass is 9.96. The summed E-state index contributed by atoms with van der Waals surface area (Å²) in [7, 11) is 4.19. The van der Waals surface area contributed by atoms with Crippen molar-refractivity contribution in [2.75, 3.05) is 33.7 Å². The third-order valence-electron chi connectivity index (χ3n) is 4.62. The van der Waals surface area contributed by atoms with Crippen molar-refractivity contribution in [1.29, 1.82) is 0 Å². The standard InChI is InChI=1S/C17H29ClN4O/c1-12(9-22-14(3)16(18)13(2)19-22)17(23)21-8-6-7-15(11-21)10-20(4)5/h12,15H,6-11H2,1-5H3. The van der Waals surface area contributed by atoms with Crippen LogP contribution in [-0.4, -0.2) is 59.2 Å². The molecule has 1 amide bonds. The first-order valence-corrected chi connectivity index (χ1v) is 8.80. The van der Waals surface area contributed by atoms with Crippen LogP contribution in [-0.2, 0) is 11.3 Å². The maximum Gasteiger partial charge on any atom is 0.227 e. The number of piperidine rings is 1. The topological polar surface area (TPSA) is 41.4 Å². The van der Waals surface area contributed by atoms with Crippen LogP contribution in [0, 0.1) is 25.7 Å². The van der Waals surface area contributed by atoms with Gasteiger partial charge in [0.1, 0.15) is 0 Å². The van der Waals surface area contributed by atoms with Crippen molar-refractivity contribution in [2.24, 2.45) is 11.8 Å². The lowest BCUT2D eigenvalue weighted by Crippen LogP contribution is -2.45. The molecule has 0 saturated carbocycles. The Morgan fingerprint density at radius 3 is 2.70 bits per heavy atom. The van der Waals surface area contributed by atoms with E-state index < -0.39 is 0 Å². The number of halogens is 1. The van der Waals surface area contributed by atoms with Crippen molar-refractivity contribution >= 4 is 17.5 Å². The van der Waals surface area contributed by atoms with E-state index in [2.05, 4.69) is 24.1 Å². The lowest BCUT2D eigenvalue weighted by Gasteiger charge is -2.35. The summed E-state index contributed by atoms with van der Waals surface area (Å²) in [5.74, 6) is 0.734. The van der Waals surface area contributed by atoms with E-state index in [1.54, 1.807) is 0 Å². The molecule has 1 aliphatic heterocycles. The van der Waals surface area contributed by atoms with E-state index in [0.29, 0.717) is 17.5 Å². The third kappa shape index (κ3) is 4.48. The smallest absolute Gasteiger partial charge is 0.227 e. The minimum Gasteiger partial charge on any atom is -0.342 e. The molecule has 1 aromatic heterocycles. The van der Waals surface area contributed by atoms with E-state index in [1.807, 2.05) is 30.4 Å². The Hall–Kier alpha value is -1.07. The van der Waals surface area contributed by atoms with Gasteiger partial charge >= 0.3 is 0 Å². The number of hydrogen-bond acceptors (Lipinski definition) is 3. The van der Waals surface area contributed by atoms with Gasteiger partial charge in [0.2, 0.25) is 5.91 Å². The highest BCUT2D eigenvalue weighted by Gasteiger charge is 2.27. The molecule has 2 atom stereocenters. The highest BCUT2D eigenvalue weighted by atomic mass is 35.5. The minimum absolute atomic E-state index is 0.0813. The van der Waals surface area contributed by atoms with Crippen LogP contribution in [0.3, 0.4) is 0 Å². The van der Waals surface area contributed by atoms with Gasteiger partial charge in [-0.2, -0.15) is 5.10 Å². The number of aromatic nitrogens is 2. The van der Waals surface area contributed by atoms with Gasteiger partial charge < -0.3 is 9.80 Å². The Kier molecular flexibility index (Phi) is 6.09. The first kappa shape index (κ1) is 18.3. The largest absolute Gasteiger partial charge is 0.342 e. The van der Waals surface area contributed by atoms with Crippen LogP contribution < -0.4 is 0 Å². The van der Waals surface area contributed by atoms with Crippen molar-refractivity contribution < 1.29 is 4.79 Å². The monoisotopic (exact) mass is 340 g/mol. The summed E-state index contributed by atoms with van der Waals surface area (Å²) < 4.78 is 1.86. The third-order valence-corrected chi connectivity index (χ3v) is 5.16.